The Morgan fingerprint density at radius 3 is 1.95 bits per heavy atom. The SMILES string of the molecule is Nc1ccc2cc3cc4ccccc4cc3cc2c1O. The highest BCUT2D eigenvalue weighted by Gasteiger charge is 2.06. The van der Waals surface area contributed by atoms with Crippen LogP contribution in [0.15, 0.2) is 60.7 Å². The van der Waals surface area contributed by atoms with Gasteiger partial charge in [-0.05, 0) is 57.3 Å². The quantitative estimate of drug-likeness (QED) is 0.279. The molecule has 0 saturated carbocycles. The van der Waals surface area contributed by atoms with Crippen LogP contribution in [0.3, 0.4) is 0 Å². The molecule has 2 heteroatoms. The number of benzene rings is 4. The molecule has 0 saturated heterocycles. The summed E-state index contributed by atoms with van der Waals surface area (Å²) in [6.07, 6.45) is 0. The maximum Gasteiger partial charge on any atom is 0.146 e. The lowest BCUT2D eigenvalue weighted by atomic mass is 9.99. The molecule has 0 heterocycles. The van der Waals surface area contributed by atoms with Crippen molar-refractivity contribution in [2.24, 2.45) is 0 Å². The smallest absolute Gasteiger partial charge is 0.146 e. The molecule has 0 radical (unpaired) electrons. The van der Waals surface area contributed by atoms with Gasteiger partial charge in [-0.25, -0.2) is 0 Å². The molecule has 2 nitrogen and oxygen atoms in total. The van der Waals surface area contributed by atoms with Crippen LogP contribution in [0.5, 0.6) is 5.75 Å². The summed E-state index contributed by atoms with van der Waals surface area (Å²) in [5.41, 5.74) is 6.19. The van der Waals surface area contributed by atoms with Crippen LogP contribution in [0.1, 0.15) is 0 Å². The van der Waals surface area contributed by atoms with Gasteiger partial charge in [0.15, 0.2) is 0 Å². The molecular formula is C18H13NO. The van der Waals surface area contributed by atoms with Crippen LogP contribution >= 0.6 is 0 Å². The normalized spacial score (nSPS) is 11.4. The van der Waals surface area contributed by atoms with Crippen molar-refractivity contribution in [3.8, 4) is 5.75 Å². The van der Waals surface area contributed by atoms with Gasteiger partial charge in [0, 0.05) is 5.39 Å². The number of nitrogen functional groups attached to an aromatic ring is 1. The lowest BCUT2D eigenvalue weighted by Crippen LogP contribution is -1.86. The zero-order chi connectivity index (χ0) is 13.7. The molecule has 0 aliphatic carbocycles. The van der Waals surface area contributed by atoms with Crippen LogP contribution < -0.4 is 5.73 Å². The predicted octanol–water partition coefficient (Wildman–Crippen LogP) is 4.43. The van der Waals surface area contributed by atoms with Crippen molar-refractivity contribution in [3.63, 3.8) is 0 Å². The van der Waals surface area contributed by atoms with Crippen LogP contribution in [-0.4, -0.2) is 5.11 Å². The minimum absolute atomic E-state index is 0.164. The zero-order valence-electron chi connectivity index (χ0n) is 10.8. The number of nitrogens with two attached hydrogens (primary N) is 1. The summed E-state index contributed by atoms with van der Waals surface area (Å²) in [5, 5.41) is 16.6. The zero-order valence-corrected chi connectivity index (χ0v) is 10.8. The molecule has 3 N–H and O–H groups in total. The second-order valence-corrected chi connectivity index (χ2v) is 5.12. The molecule has 0 bridgehead atoms. The van der Waals surface area contributed by atoms with Crippen molar-refractivity contribution in [1.82, 2.24) is 0 Å². The van der Waals surface area contributed by atoms with E-state index in [-0.39, 0.29) is 5.75 Å². The lowest BCUT2D eigenvalue weighted by Gasteiger charge is -2.08. The predicted molar refractivity (Wildman–Crippen MR) is 85.0 cm³/mol. The third-order valence-electron chi connectivity index (χ3n) is 3.84. The van der Waals surface area contributed by atoms with E-state index in [1.54, 1.807) is 6.07 Å². The molecule has 0 aromatic heterocycles. The highest BCUT2D eigenvalue weighted by molar-refractivity contribution is 6.07. The number of aromatic hydroxyl groups is 1. The summed E-state index contributed by atoms with van der Waals surface area (Å²) >= 11 is 0. The third kappa shape index (κ3) is 1.51. The molecule has 96 valence electrons. The van der Waals surface area contributed by atoms with Gasteiger partial charge in [0.2, 0.25) is 0 Å². The van der Waals surface area contributed by atoms with Gasteiger partial charge in [-0.2, -0.15) is 0 Å². The Hall–Kier alpha value is -2.74. The Balaban J connectivity index is 2.18. The van der Waals surface area contributed by atoms with Crippen LogP contribution in [0.4, 0.5) is 5.69 Å². The number of hydrogen-bond donors (Lipinski definition) is 2. The molecule has 0 unspecified atom stereocenters. The van der Waals surface area contributed by atoms with E-state index in [9.17, 15) is 5.11 Å². The monoisotopic (exact) mass is 259 g/mol. The standard InChI is InChI=1S/C18H13NO/c19-17-6-5-13-9-14-7-11-3-1-2-4-12(11)8-15(14)10-16(13)18(17)20/h1-10,20H,19H2. The van der Waals surface area contributed by atoms with E-state index < -0.39 is 0 Å². The minimum atomic E-state index is 0.164. The Kier molecular flexibility index (Phi) is 2.15. The first-order valence-electron chi connectivity index (χ1n) is 6.56. The van der Waals surface area contributed by atoms with E-state index in [0.29, 0.717) is 5.69 Å². The summed E-state index contributed by atoms with van der Waals surface area (Å²) in [4.78, 5) is 0. The third-order valence-corrected chi connectivity index (χ3v) is 3.84. The number of hydrogen-bond acceptors (Lipinski definition) is 2. The fraction of sp³-hybridized carbons (Fsp3) is 0. The van der Waals surface area contributed by atoms with Crippen molar-refractivity contribution < 1.29 is 5.11 Å². The first kappa shape index (κ1) is 11.1. The Morgan fingerprint density at radius 2 is 1.25 bits per heavy atom. The first-order chi connectivity index (χ1) is 9.72. The Labute approximate surface area is 116 Å². The summed E-state index contributed by atoms with van der Waals surface area (Å²) in [6.45, 7) is 0. The van der Waals surface area contributed by atoms with Crippen molar-refractivity contribution >= 4 is 38.0 Å². The Bertz CT molecular complexity index is 973. The molecular weight excluding hydrogens is 246 g/mol. The number of anilines is 1. The molecule has 0 amide bonds. The van der Waals surface area contributed by atoms with Crippen LogP contribution in [0.25, 0.3) is 32.3 Å². The molecule has 0 spiro atoms. The fourth-order valence-corrected chi connectivity index (χ4v) is 2.77. The molecule has 4 rings (SSSR count). The molecule has 0 aliphatic heterocycles. The number of phenolic OH excluding ortho intramolecular Hbond substituents is 1. The highest BCUT2D eigenvalue weighted by atomic mass is 16.3. The molecule has 0 atom stereocenters. The van der Waals surface area contributed by atoms with Gasteiger partial charge >= 0.3 is 0 Å². The van der Waals surface area contributed by atoms with E-state index in [0.717, 1.165) is 16.2 Å². The minimum Gasteiger partial charge on any atom is -0.505 e. The van der Waals surface area contributed by atoms with Gasteiger partial charge in [-0.1, -0.05) is 30.3 Å². The van der Waals surface area contributed by atoms with E-state index in [1.165, 1.54) is 16.2 Å². The van der Waals surface area contributed by atoms with Crippen molar-refractivity contribution in [2.45, 2.75) is 0 Å². The molecule has 4 aromatic carbocycles. The van der Waals surface area contributed by atoms with E-state index in [2.05, 4.69) is 30.3 Å². The van der Waals surface area contributed by atoms with Crippen molar-refractivity contribution in [1.29, 1.82) is 0 Å². The Morgan fingerprint density at radius 1 is 0.650 bits per heavy atom. The second-order valence-electron chi connectivity index (χ2n) is 5.12. The topological polar surface area (TPSA) is 46.2 Å². The molecule has 0 fully saturated rings. The van der Waals surface area contributed by atoms with Crippen LogP contribution in [0.2, 0.25) is 0 Å². The summed E-state index contributed by atoms with van der Waals surface area (Å²) in [6, 6.07) is 20.4. The van der Waals surface area contributed by atoms with Crippen LogP contribution in [-0.2, 0) is 0 Å². The average Bonchev–Trinajstić information content (AvgIpc) is 2.47. The molecule has 20 heavy (non-hydrogen) atoms. The van der Waals surface area contributed by atoms with Gasteiger partial charge in [0.05, 0.1) is 5.69 Å². The van der Waals surface area contributed by atoms with E-state index in [1.807, 2.05) is 24.3 Å². The molecule has 4 aromatic rings. The van der Waals surface area contributed by atoms with Gasteiger partial charge < -0.3 is 10.8 Å². The van der Waals surface area contributed by atoms with Crippen LogP contribution in [0, 0.1) is 0 Å². The fourth-order valence-electron chi connectivity index (χ4n) is 2.77. The van der Waals surface area contributed by atoms with Gasteiger partial charge in [-0.15, -0.1) is 0 Å². The largest absolute Gasteiger partial charge is 0.505 e. The van der Waals surface area contributed by atoms with Gasteiger partial charge in [0.25, 0.3) is 0 Å². The summed E-state index contributed by atoms with van der Waals surface area (Å²) < 4.78 is 0. The molecule has 0 aliphatic rings. The lowest BCUT2D eigenvalue weighted by molar-refractivity contribution is 0.484. The maximum atomic E-state index is 10.1. The second kappa shape index (κ2) is 3.87. The van der Waals surface area contributed by atoms with E-state index >= 15 is 0 Å². The number of rotatable bonds is 0. The van der Waals surface area contributed by atoms with Crippen molar-refractivity contribution in [3.05, 3.63) is 60.7 Å². The maximum absolute atomic E-state index is 10.1. The van der Waals surface area contributed by atoms with E-state index in [4.69, 9.17) is 5.73 Å². The van der Waals surface area contributed by atoms with Crippen molar-refractivity contribution in [2.75, 3.05) is 5.73 Å². The number of fused-ring (bicyclic) bond motifs is 3. The average molecular weight is 259 g/mol. The summed E-state index contributed by atoms with van der Waals surface area (Å²) in [7, 11) is 0. The van der Waals surface area contributed by atoms with Gasteiger partial charge in [0.1, 0.15) is 5.75 Å². The van der Waals surface area contributed by atoms with Gasteiger partial charge in [-0.3, -0.25) is 0 Å². The summed E-state index contributed by atoms with van der Waals surface area (Å²) in [5.74, 6) is 0.164. The number of phenols is 1. The highest BCUT2D eigenvalue weighted by Crippen LogP contribution is 2.34. The first-order valence-corrected chi connectivity index (χ1v) is 6.56.